The third-order valence-electron chi connectivity index (χ3n) is 6.31. The molecule has 2 saturated carbocycles. The minimum absolute atomic E-state index is 0.0895. The summed E-state index contributed by atoms with van der Waals surface area (Å²) in [5.41, 5.74) is 3.68. The normalized spacial score (nSPS) is 37.0. The van der Waals surface area contributed by atoms with Crippen LogP contribution in [0.25, 0.3) is 6.08 Å². The molecule has 0 spiro atoms. The van der Waals surface area contributed by atoms with E-state index in [2.05, 4.69) is 26.0 Å². The van der Waals surface area contributed by atoms with E-state index in [0.29, 0.717) is 29.3 Å². The molecule has 3 aliphatic rings. The standard InChI is InChI=1S/C19H22O2/c1-11-9-13(20)10-12-3-4-14-15(18(11)12)7-8-19(2)16(14)5-6-17(19)21/h3-4,9-10,14-16,20H,5-8H2,1-2H3/t14-,15+,16-,19-/m1/s1. The molecule has 0 bridgehead atoms. The van der Waals surface area contributed by atoms with E-state index in [0.717, 1.165) is 25.7 Å². The van der Waals surface area contributed by atoms with Crippen molar-refractivity contribution in [3.05, 3.63) is 34.9 Å². The van der Waals surface area contributed by atoms with Crippen LogP contribution in [0.4, 0.5) is 0 Å². The van der Waals surface area contributed by atoms with E-state index in [9.17, 15) is 9.90 Å². The van der Waals surface area contributed by atoms with Crippen LogP contribution in [0.2, 0.25) is 0 Å². The molecule has 0 radical (unpaired) electrons. The lowest BCUT2D eigenvalue weighted by Crippen LogP contribution is -2.41. The fraction of sp³-hybridized carbons (Fsp3) is 0.526. The number of aryl methyl sites for hydroxylation is 1. The largest absolute Gasteiger partial charge is 0.508 e. The van der Waals surface area contributed by atoms with Gasteiger partial charge >= 0.3 is 0 Å². The number of fused-ring (bicyclic) bond motifs is 5. The Bertz CT molecular complexity index is 658. The number of Topliss-reactive ketones (excluding diaryl/α,β-unsaturated/α-hetero) is 1. The van der Waals surface area contributed by atoms with E-state index >= 15 is 0 Å². The lowest BCUT2D eigenvalue weighted by atomic mass is 9.57. The Labute approximate surface area is 125 Å². The SMILES string of the molecule is Cc1cc(O)cc2c1[C@H]1CC[C@@]3(C)C(=O)CC[C@@H]3[C@@H]1C=C2. The van der Waals surface area contributed by atoms with Crippen LogP contribution in [0.1, 0.15) is 55.2 Å². The third kappa shape index (κ3) is 1.68. The predicted molar refractivity (Wildman–Crippen MR) is 83.2 cm³/mol. The van der Waals surface area contributed by atoms with Gasteiger partial charge in [0.25, 0.3) is 0 Å². The van der Waals surface area contributed by atoms with Crippen LogP contribution >= 0.6 is 0 Å². The number of allylic oxidation sites excluding steroid dienone is 1. The third-order valence-corrected chi connectivity index (χ3v) is 6.31. The summed E-state index contributed by atoms with van der Waals surface area (Å²) < 4.78 is 0. The van der Waals surface area contributed by atoms with Gasteiger partial charge in [0.05, 0.1) is 0 Å². The molecule has 0 unspecified atom stereocenters. The number of phenols is 1. The van der Waals surface area contributed by atoms with Crippen molar-refractivity contribution in [3.63, 3.8) is 0 Å². The lowest BCUT2D eigenvalue weighted by molar-refractivity contribution is -0.128. The highest BCUT2D eigenvalue weighted by atomic mass is 16.3. The molecule has 1 aromatic rings. The molecular weight excluding hydrogens is 260 g/mol. The zero-order valence-corrected chi connectivity index (χ0v) is 12.7. The Balaban J connectivity index is 1.80. The lowest BCUT2D eigenvalue weighted by Gasteiger charge is -2.46. The number of phenolic OH excluding ortho intramolecular Hbond substituents is 1. The fourth-order valence-electron chi connectivity index (χ4n) is 5.24. The van der Waals surface area contributed by atoms with Crippen LogP contribution in [0.15, 0.2) is 18.2 Å². The van der Waals surface area contributed by atoms with Crippen molar-refractivity contribution in [2.75, 3.05) is 0 Å². The van der Waals surface area contributed by atoms with Crippen LogP contribution in [0.3, 0.4) is 0 Å². The summed E-state index contributed by atoms with van der Waals surface area (Å²) >= 11 is 0. The van der Waals surface area contributed by atoms with Crippen molar-refractivity contribution in [2.45, 2.75) is 45.4 Å². The first-order valence-corrected chi connectivity index (χ1v) is 8.06. The second kappa shape index (κ2) is 4.22. The number of benzene rings is 1. The van der Waals surface area contributed by atoms with Crippen molar-refractivity contribution < 1.29 is 9.90 Å². The molecule has 2 nitrogen and oxygen atoms in total. The van der Waals surface area contributed by atoms with Gasteiger partial charge in [-0.2, -0.15) is 0 Å². The first-order valence-electron chi connectivity index (χ1n) is 8.06. The number of hydrogen-bond donors (Lipinski definition) is 1. The fourth-order valence-corrected chi connectivity index (χ4v) is 5.24. The molecule has 0 aliphatic heterocycles. The van der Waals surface area contributed by atoms with Crippen LogP contribution in [0, 0.1) is 24.2 Å². The van der Waals surface area contributed by atoms with Crippen LogP contribution in [-0.2, 0) is 4.79 Å². The highest BCUT2D eigenvalue weighted by Gasteiger charge is 2.53. The van der Waals surface area contributed by atoms with Crippen molar-refractivity contribution in [2.24, 2.45) is 17.3 Å². The van der Waals surface area contributed by atoms with Crippen molar-refractivity contribution in [1.29, 1.82) is 0 Å². The molecule has 0 saturated heterocycles. The molecule has 3 aliphatic carbocycles. The molecule has 2 heteroatoms. The van der Waals surface area contributed by atoms with E-state index in [1.807, 2.05) is 12.1 Å². The summed E-state index contributed by atoms with van der Waals surface area (Å²) in [4.78, 5) is 12.3. The summed E-state index contributed by atoms with van der Waals surface area (Å²) in [5, 5.41) is 9.81. The average molecular weight is 282 g/mol. The first kappa shape index (κ1) is 13.1. The Morgan fingerprint density at radius 1 is 1.29 bits per heavy atom. The molecule has 4 rings (SSSR count). The van der Waals surface area contributed by atoms with Crippen molar-refractivity contribution >= 4 is 11.9 Å². The average Bonchev–Trinajstić information content (AvgIpc) is 2.74. The van der Waals surface area contributed by atoms with Crippen LogP contribution in [-0.4, -0.2) is 10.9 Å². The molecule has 4 atom stereocenters. The molecule has 1 N–H and O–H groups in total. The number of hydrogen-bond acceptors (Lipinski definition) is 2. The van der Waals surface area contributed by atoms with Gasteiger partial charge in [0.15, 0.2) is 0 Å². The molecule has 0 heterocycles. The second-order valence-corrected chi connectivity index (χ2v) is 7.33. The maximum atomic E-state index is 12.3. The smallest absolute Gasteiger partial charge is 0.139 e. The summed E-state index contributed by atoms with van der Waals surface area (Å²) in [6, 6.07) is 3.76. The monoisotopic (exact) mass is 282 g/mol. The molecule has 1 aromatic carbocycles. The van der Waals surface area contributed by atoms with E-state index in [-0.39, 0.29) is 5.41 Å². The molecular formula is C19H22O2. The first-order chi connectivity index (χ1) is 10.0. The minimum Gasteiger partial charge on any atom is -0.508 e. The Morgan fingerprint density at radius 3 is 2.90 bits per heavy atom. The number of rotatable bonds is 0. The Hall–Kier alpha value is -1.57. The summed E-state index contributed by atoms with van der Waals surface area (Å²) in [6.07, 6.45) is 8.40. The summed E-state index contributed by atoms with van der Waals surface area (Å²) in [7, 11) is 0. The number of carbonyl (C=O) groups excluding carboxylic acids is 1. The van der Waals surface area contributed by atoms with Crippen molar-refractivity contribution in [3.8, 4) is 5.75 Å². The predicted octanol–water partition coefficient (Wildman–Crippen LogP) is 4.21. The van der Waals surface area contributed by atoms with Gasteiger partial charge in [-0.3, -0.25) is 4.79 Å². The topological polar surface area (TPSA) is 37.3 Å². The summed E-state index contributed by atoms with van der Waals surface area (Å²) in [5.74, 6) is 2.35. The van der Waals surface area contributed by atoms with Gasteiger partial charge in [0, 0.05) is 11.8 Å². The summed E-state index contributed by atoms with van der Waals surface area (Å²) in [6.45, 7) is 4.29. The van der Waals surface area contributed by atoms with E-state index in [1.165, 1.54) is 16.7 Å². The number of aromatic hydroxyl groups is 1. The molecule has 0 aromatic heterocycles. The van der Waals surface area contributed by atoms with Crippen LogP contribution in [0.5, 0.6) is 5.75 Å². The van der Waals surface area contributed by atoms with Gasteiger partial charge in [-0.05, 0) is 72.8 Å². The van der Waals surface area contributed by atoms with Gasteiger partial charge < -0.3 is 5.11 Å². The van der Waals surface area contributed by atoms with Crippen molar-refractivity contribution in [1.82, 2.24) is 0 Å². The highest BCUT2D eigenvalue weighted by Crippen LogP contribution is 2.59. The maximum Gasteiger partial charge on any atom is 0.139 e. The van der Waals surface area contributed by atoms with Gasteiger partial charge in [-0.25, -0.2) is 0 Å². The van der Waals surface area contributed by atoms with Gasteiger partial charge in [0.2, 0.25) is 0 Å². The minimum atomic E-state index is -0.0895. The zero-order valence-electron chi connectivity index (χ0n) is 12.7. The van der Waals surface area contributed by atoms with Crippen LogP contribution < -0.4 is 0 Å². The Morgan fingerprint density at radius 2 is 2.10 bits per heavy atom. The van der Waals surface area contributed by atoms with Gasteiger partial charge in [0.1, 0.15) is 11.5 Å². The number of carbonyl (C=O) groups is 1. The maximum absolute atomic E-state index is 12.3. The quantitative estimate of drug-likeness (QED) is 0.774. The second-order valence-electron chi connectivity index (χ2n) is 7.33. The van der Waals surface area contributed by atoms with E-state index in [4.69, 9.17) is 0 Å². The van der Waals surface area contributed by atoms with E-state index < -0.39 is 0 Å². The molecule has 110 valence electrons. The zero-order chi connectivity index (χ0) is 14.8. The molecule has 21 heavy (non-hydrogen) atoms. The van der Waals surface area contributed by atoms with Gasteiger partial charge in [-0.15, -0.1) is 0 Å². The van der Waals surface area contributed by atoms with E-state index in [1.54, 1.807) is 0 Å². The Kier molecular flexibility index (Phi) is 2.64. The molecule has 0 amide bonds. The number of ketones is 1. The highest BCUT2D eigenvalue weighted by molar-refractivity contribution is 5.87. The molecule has 2 fully saturated rings. The van der Waals surface area contributed by atoms with Gasteiger partial charge in [-0.1, -0.05) is 19.1 Å².